The summed E-state index contributed by atoms with van der Waals surface area (Å²) in [5.74, 6) is -3.61. The van der Waals surface area contributed by atoms with Gasteiger partial charge in [0.2, 0.25) is 0 Å². The van der Waals surface area contributed by atoms with Crippen LogP contribution in [0.1, 0.15) is 99.0 Å². The van der Waals surface area contributed by atoms with E-state index in [0.29, 0.717) is 18.4 Å². The Labute approximate surface area is 238 Å². The summed E-state index contributed by atoms with van der Waals surface area (Å²) in [4.78, 5) is 50.9. The van der Waals surface area contributed by atoms with Crippen molar-refractivity contribution in [2.24, 2.45) is 23.0 Å². The number of ether oxygens (including phenoxy) is 5. The van der Waals surface area contributed by atoms with Crippen LogP contribution in [0.4, 0.5) is 4.79 Å². The average molecular weight is 566 g/mol. The number of hydrogen-bond donors (Lipinski definition) is 1. The second-order valence-electron chi connectivity index (χ2n) is 11.4. The van der Waals surface area contributed by atoms with Gasteiger partial charge in [0.15, 0.2) is 11.5 Å². The number of nitrogens with two attached hydrogens (primary N) is 1. The van der Waals surface area contributed by atoms with E-state index in [2.05, 4.69) is 0 Å². The van der Waals surface area contributed by atoms with Crippen LogP contribution in [0.15, 0.2) is 18.2 Å². The van der Waals surface area contributed by atoms with Gasteiger partial charge < -0.3 is 23.7 Å². The van der Waals surface area contributed by atoms with Gasteiger partial charge >= 0.3 is 24.1 Å². The Bertz CT molecular complexity index is 1020. The third kappa shape index (κ3) is 10.1. The fraction of sp³-hybridized carbons (Fsp3) is 0.667. The summed E-state index contributed by atoms with van der Waals surface area (Å²) >= 11 is 0. The van der Waals surface area contributed by atoms with Crippen molar-refractivity contribution in [3.8, 4) is 11.5 Å². The predicted molar refractivity (Wildman–Crippen MR) is 150 cm³/mol. The zero-order valence-corrected chi connectivity index (χ0v) is 25.5. The molecule has 0 fully saturated rings. The number of carbonyl (C=O) groups is 4. The first-order valence-electron chi connectivity index (χ1n) is 13.9. The van der Waals surface area contributed by atoms with Gasteiger partial charge in [-0.2, -0.15) is 0 Å². The first-order valence-corrected chi connectivity index (χ1v) is 13.9. The molecule has 1 rings (SSSR count). The molecule has 226 valence electrons. The minimum Gasteiger partial charge on any atom is -0.465 e. The van der Waals surface area contributed by atoms with Crippen LogP contribution in [0.25, 0.3) is 0 Å². The van der Waals surface area contributed by atoms with E-state index in [1.54, 1.807) is 26.8 Å². The summed E-state index contributed by atoms with van der Waals surface area (Å²) in [6, 6.07) is 4.51. The van der Waals surface area contributed by atoms with Gasteiger partial charge in [-0.25, -0.2) is 9.59 Å². The molecule has 10 heteroatoms. The third-order valence-corrected chi connectivity index (χ3v) is 6.34. The summed E-state index contributed by atoms with van der Waals surface area (Å²) in [7, 11) is 1.13. The molecule has 3 unspecified atom stereocenters. The lowest BCUT2D eigenvalue weighted by atomic mass is 9.86. The van der Waals surface area contributed by atoms with Crippen molar-refractivity contribution < 1.29 is 42.9 Å². The highest BCUT2D eigenvalue weighted by molar-refractivity contribution is 5.83. The van der Waals surface area contributed by atoms with Gasteiger partial charge in [0.25, 0.3) is 5.72 Å². The van der Waals surface area contributed by atoms with Gasteiger partial charge in [-0.1, -0.05) is 74.3 Å². The Morgan fingerprint density at radius 2 is 1.40 bits per heavy atom. The molecule has 4 atom stereocenters. The van der Waals surface area contributed by atoms with Crippen LogP contribution in [0.3, 0.4) is 0 Å². The molecule has 1 aromatic carbocycles. The Morgan fingerprint density at radius 3 is 1.85 bits per heavy atom. The average Bonchev–Trinajstić information content (AvgIpc) is 2.88. The van der Waals surface area contributed by atoms with Crippen molar-refractivity contribution >= 4 is 24.1 Å². The van der Waals surface area contributed by atoms with Gasteiger partial charge in [-0.3, -0.25) is 15.3 Å². The molecule has 0 aliphatic rings. The van der Waals surface area contributed by atoms with Crippen LogP contribution in [0, 0.1) is 17.3 Å². The van der Waals surface area contributed by atoms with E-state index < -0.39 is 41.6 Å². The van der Waals surface area contributed by atoms with Crippen LogP contribution in [0.5, 0.6) is 11.5 Å². The largest absolute Gasteiger partial charge is 0.510 e. The maximum absolute atomic E-state index is 12.9. The maximum Gasteiger partial charge on any atom is 0.510 e. The van der Waals surface area contributed by atoms with Crippen LogP contribution in [-0.4, -0.2) is 43.5 Å². The highest BCUT2D eigenvalue weighted by Crippen LogP contribution is 2.38. The standard InChI is InChI=1S/C30H47NO9/c1-10-13-19(4)25(32)38-23-16-15-21(17-24(23)39-26(33)20(5)14-11-2)22(12-3)30(31,27(34)36-9)40-28(35)37-18-29(6,7)8/h15-17,19-20,22H,10-14,18,31H2,1-9H3/t19?,20?,22?,30-/m0/s1. The molecule has 0 saturated heterocycles. The molecule has 0 amide bonds. The molecule has 0 aliphatic carbocycles. The van der Waals surface area contributed by atoms with Crippen molar-refractivity contribution in [3.63, 3.8) is 0 Å². The number of benzene rings is 1. The molecule has 0 aliphatic heterocycles. The molecule has 0 radical (unpaired) electrons. The molecule has 0 bridgehead atoms. The van der Waals surface area contributed by atoms with Crippen molar-refractivity contribution in [2.75, 3.05) is 13.7 Å². The van der Waals surface area contributed by atoms with E-state index in [-0.39, 0.29) is 35.9 Å². The summed E-state index contributed by atoms with van der Waals surface area (Å²) < 4.78 is 26.8. The lowest BCUT2D eigenvalue weighted by Gasteiger charge is -2.34. The van der Waals surface area contributed by atoms with Gasteiger partial charge in [0.1, 0.15) is 0 Å². The number of esters is 3. The normalized spacial score (nSPS) is 15.2. The van der Waals surface area contributed by atoms with Gasteiger partial charge in [0.05, 0.1) is 25.6 Å². The van der Waals surface area contributed by atoms with Crippen molar-refractivity contribution in [1.29, 1.82) is 0 Å². The quantitative estimate of drug-likeness (QED) is 0.165. The van der Waals surface area contributed by atoms with Crippen LogP contribution < -0.4 is 15.2 Å². The van der Waals surface area contributed by atoms with Crippen LogP contribution in [-0.2, 0) is 28.6 Å². The summed E-state index contributed by atoms with van der Waals surface area (Å²) in [5.41, 5.74) is 4.21. The summed E-state index contributed by atoms with van der Waals surface area (Å²) in [6.45, 7) is 14.8. The fourth-order valence-corrected chi connectivity index (χ4v) is 4.07. The molecule has 0 saturated carbocycles. The van der Waals surface area contributed by atoms with Crippen LogP contribution >= 0.6 is 0 Å². The molecular formula is C30H47NO9. The Kier molecular flexibility index (Phi) is 13.6. The Balaban J connectivity index is 3.52. The second-order valence-corrected chi connectivity index (χ2v) is 11.4. The number of hydrogen-bond acceptors (Lipinski definition) is 10. The molecule has 0 aromatic heterocycles. The van der Waals surface area contributed by atoms with E-state index in [9.17, 15) is 19.2 Å². The molecule has 1 aromatic rings. The molecule has 10 nitrogen and oxygen atoms in total. The smallest absolute Gasteiger partial charge is 0.465 e. The molecule has 2 N–H and O–H groups in total. The van der Waals surface area contributed by atoms with Gasteiger partial charge in [-0.15, -0.1) is 0 Å². The zero-order valence-electron chi connectivity index (χ0n) is 25.5. The monoisotopic (exact) mass is 565 g/mol. The first kappa shape index (κ1) is 34.9. The molecule has 0 heterocycles. The van der Waals surface area contributed by atoms with Crippen molar-refractivity contribution in [1.82, 2.24) is 0 Å². The van der Waals surface area contributed by atoms with Gasteiger partial charge in [0, 0.05) is 5.92 Å². The Hall–Kier alpha value is -3.14. The third-order valence-electron chi connectivity index (χ3n) is 6.34. The zero-order chi connectivity index (χ0) is 30.7. The summed E-state index contributed by atoms with van der Waals surface area (Å²) in [5, 5.41) is 0. The van der Waals surface area contributed by atoms with E-state index >= 15 is 0 Å². The SMILES string of the molecule is CCCC(C)C(=O)Oc1ccc(C(CC)[C@](N)(OC(=O)OCC(C)(C)C)C(=O)OC)cc1OC(=O)C(C)CCC. The van der Waals surface area contributed by atoms with E-state index in [1.807, 2.05) is 34.6 Å². The lowest BCUT2D eigenvalue weighted by Crippen LogP contribution is -2.57. The predicted octanol–water partition coefficient (Wildman–Crippen LogP) is 5.89. The first-order chi connectivity index (χ1) is 18.6. The molecule has 40 heavy (non-hydrogen) atoms. The van der Waals surface area contributed by atoms with E-state index in [4.69, 9.17) is 29.4 Å². The van der Waals surface area contributed by atoms with E-state index in [0.717, 1.165) is 20.0 Å². The van der Waals surface area contributed by atoms with E-state index in [1.165, 1.54) is 12.1 Å². The van der Waals surface area contributed by atoms with Crippen molar-refractivity contribution in [2.45, 2.75) is 99.1 Å². The highest BCUT2D eigenvalue weighted by Gasteiger charge is 2.48. The van der Waals surface area contributed by atoms with Crippen LogP contribution in [0.2, 0.25) is 0 Å². The topological polar surface area (TPSA) is 140 Å². The number of rotatable bonds is 14. The molecule has 0 spiro atoms. The maximum atomic E-state index is 12.9. The van der Waals surface area contributed by atoms with Crippen molar-refractivity contribution in [3.05, 3.63) is 23.8 Å². The minimum absolute atomic E-state index is 0.0107. The number of carbonyl (C=O) groups excluding carboxylic acids is 4. The fourth-order valence-electron chi connectivity index (χ4n) is 4.07. The second kappa shape index (κ2) is 15.6. The highest BCUT2D eigenvalue weighted by atomic mass is 16.7. The lowest BCUT2D eigenvalue weighted by molar-refractivity contribution is -0.168. The Morgan fingerprint density at radius 1 is 0.875 bits per heavy atom. The minimum atomic E-state index is -2.26. The number of methoxy groups -OCH3 is 1. The molecular weight excluding hydrogens is 518 g/mol. The van der Waals surface area contributed by atoms with Gasteiger partial charge in [-0.05, 0) is 42.4 Å². The summed E-state index contributed by atoms with van der Waals surface area (Å²) in [6.07, 6.45) is 1.92.